The maximum Gasteiger partial charge on any atom is 0.129 e. The predicted molar refractivity (Wildman–Crippen MR) is 120 cm³/mol. The molecule has 30 heavy (non-hydrogen) atoms. The van der Waals surface area contributed by atoms with Crippen molar-refractivity contribution in [3.05, 3.63) is 90.1 Å². The topological polar surface area (TPSA) is 40.6 Å². The molecule has 0 radical (unpaired) electrons. The molecular weight excluding hydrogens is 374 g/mol. The number of aromatic nitrogens is 1. The first-order valence-electron chi connectivity index (χ1n) is 9.87. The third-order valence-corrected chi connectivity index (χ3v) is 5.52. The third kappa shape index (κ3) is 3.81. The lowest BCUT2D eigenvalue weighted by atomic mass is 9.78. The van der Waals surface area contributed by atoms with Gasteiger partial charge in [-0.2, -0.15) is 0 Å². The van der Waals surface area contributed by atoms with Crippen LogP contribution < -0.4 is 14.2 Å². The third-order valence-electron chi connectivity index (χ3n) is 5.52. The zero-order valence-electron chi connectivity index (χ0n) is 17.7. The van der Waals surface area contributed by atoms with Crippen molar-refractivity contribution in [2.45, 2.75) is 19.3 Å². The number of hydrogen-bond acceptors (Lipinski definition) is 4. The largest absolute Gasteiger partial charge is 0.497 e. The highest BCUT2D eigenvalue weighted by atomic mass is 16.5. The summed E-state index contributed by atoms with van der Waals surface area (Å²) in [4.78, 5) is 4.42. The summed E-state index contributed by atoms with van der Waals surface area (Å²) < 4.78 is 16.7. The molecule has 4 aromatic rings. The van der Waals surface area contributed by atoms with Gasteiger partial charge < -0.3 is 14.2 Å². The van der Waals surface area contributed by atoms with Crippen molar-refractivity contribution >= 4 is 10.9 Å². The van der Waals surface area contributed by atoms with Crippen molar-refractivity contribution < 1.29 is 14.2 Å². The summed E-state index contributed by atoms with van der Waals surface area (Å²) in [7, 11) is 3.34. The standard InChI is InChI=1S/C26H25NO3/c1-26(2,18-5-9-20(28-3)10-6-18)19-7-11-21(12-8-19)30-22-13-14-23-24(17-22)27-16-15-25(23)29-4/h5-17H,1-4H3. The van der Waals surface area contributed by atoms with E-state index in [4.69, 9.17) is 14.2 Å². The van der Waals surface area contributed by atoms with Gasteiger partial charge in [-0.05, 0) is 53.6 Å². The van der Waals surface area contributed by atoms with Gasteiger partial charge in [-0.15, -0.1) is 0 Å². The zero-order chi connectivity index (χ0) is 21.1. The Morgan fingerprint density at radius 3 is 1.87 bits per heavy atom. The highest BCUT2D eigenvalue weighted by Crippen LogP contribution is 2.34. The predicted octanol–water partition coefficient (Wildman–Crippen LogP) is 6.37. The van der Waals surface area contributed by atoms with Gasteiger partial charge >= 0.3 is 0 Å². The van der Waals surface area contributed by atoms with Crippen molar-refractivity contribution in [1.29, 1.82) is 0 Å². The number of fused-ring (bicyclic) bond motifs is 1. The molecule has 3 aromatic carbocycles. The van der Waals surface area contributed by atoms with Crippen LogP contribution in [0.1, 0.15) is 25.0 Å². The molecule has 0 aliphatic rings. The first-order chi connectivity index (χ1) is 14.5. The molecule has 0 atom stereocenters. The summed E-state index contributed by atoms with van der Waals surface area (Å²) in [5, 5.41) is 0.962. The van der Waals surface area contributed by atoms with Gasteiger partial charge in [-0.1, -0.05) is 38.1 Å². The van der Waals surface area contributed by atoms with Gasteiger partial charge in [-0.3, -0.25) is 4.98 Å². The average Bonchev–Trinajstić information content (AvgIpc) is 2.79. The van der Waals surface area contributed by atoms with Crippen molar-refractivity contribution in [2.75, 3.05) is 14.2 Å². The minimum Gasteiger partial charge on any atom is -0.497 e. The van der Waals surface area contributed by atoms with Crippen molar-refractivity contribution in [1.82, 2.24) is 4.98 Å². The van der Waals surface area contributed by atoms with Crippen molar-refractivity contribution in [3.8, 4) is 23.0 Å². The van der Waals surface area contributed by atoms with E-state index in [1.54, 1.807) is 20.4 Å². The molecule has 0 bridgehead atoms. The van der Waals surface area contributed by atoms with Crippen LogP contribution in [0, 0.1) is 0 Å². The summed E-state index contributed by atoms with van der Waals surface area (Å²) in [6.45, 7) is 4.43. The van der Waals surface area contributed by atoms with E-state index in [-0.39, 0.29) is 5.41 Å². The fourth-order valence-electron chi connectivity index (χ4n) is 3.59. The molecule has 0 saturated heterocycles. The van der Waals surface area contributed by atoms with Crippen LogP contribution >= 0.6 is 0 Å². The first kappa shape index (κ1) is 19.8. The lowest BCUT2D eigenvalue weighted by Crippen LogP contribution is -2.18. The van der Waals surface area contributed by atoms with Gasteiger partial charge in [-0.25, -0.2) is 0 Å². The Balaban J connectivity index is 1.55. The van der Waals surface area contributed by atoms with Crippen molar-refractivity contribution in [3.63, 3.8) is 0 Å². The molecule has 152 valence electrons. The number of hydrogen-bond donors (Lipinski definition) is 0. The second-order valence-corrected chi connectivity index (χ2v) is 7.67. The highest BCUT2D eigenvalue weighted by Gasteiger charge is 2.23. The monoisotopic (exact) mass is 399 g/mol. The first-order valence-corrected chi connectivity index (χ1v) is 9.87. The Hall–Kier alpha value is -3.53. The molecule has 0 saturated carbocycles. The second kappa shape index (κ2) is 8.07. The van der Waals surface area contributed by atoms with E-state index in [1.165, 1.54) is 11.1 Å². The fraction of sp³-hybridized carbons (Fsp3) is 0.192. The quantitative estimate of drug-likeness (QED) is 0.378. The van der Waals surface area contributed by atoms with Crippen LogP contribution in [0.15, 0.2) is 79.0 Å². The summed E-state index contributed by atoms with van der Waals surface area (Å²) in [5.41, 5.74) is 3.15. The lowest BCUT2D eigenvalue weighted by Gasteiger charge is -2.26. The molecule has 0 unspecified atom stereocenters. The summed E-state index contributed by atoms with van der Waals surface area (Å²) in [6, 6.07) is 24.1. The minimum absolute atomic E-state index is 0.131. The van der Waals surface area contributed by atoms with Crippen LogP contribution in [0.3, 0.4) is 0 Å². The minimum atomic E-state index is -0.131. The zero-order valence-corrected chi connectivity index (χ0v) is 17.7. The van der Waals surface area contributed by atoms with Gasteiger partial charge in [0.1, 0.15) is 23.0 Å². The van der Waals surface area contributed by atoms with Crippen LogP contribution in [-0.2, 0) is 5.41 Å². The Morgan fingerprint density at radius 2 is 1.27 bits per heavy atom. The Labute approximate surface area is 177 Å². The molecule has 0 aliphatic heterocycles. The molecule has 0 N–H and O–H groups in total. The Kier molecular flexibility index (Phi) is 5.32. The number of nitrogens with zero attached hydrogens (tertiary/aromatic N) is 1. The maximum atomic E-state index is 6.07. The van der Waals surface area contributed by atoms with Crippen molar-refractivity contribution in [2.24, 2.45) is 0 Å². The van der Waals surface area contributed by atoms with E-state index in [0.29, 0.717) is 0 Å². The average molecular weight is 399 g/mol. The van der Waals surface area contributed by atoms with Crippen LogP contribution in [0.25, 0.3) is 10.9 Å². The van der Waals surface area contributed by atoms with E-state index >= 15 is 0 Å². The van der Waals surface area contributed by atoms with E-state index in [0.717, 1.165) is 33.9 Å². The fourth-order valence-corrected chi connectivity index (χ4v) is 3.59. The molecule has 1 aromatic heterocycles. The molecule has 4 heteroatoms. The van der Waals surface area contributed by atoms with E-state index in [2.05, 4.69) is 43.1 Å². The molecule has 4 nitrogen and oxygen atoms in total. The number of ether oxygens (including phenoxy) is 3. The summed E-state index contributed by atoms with van der Waals surface area (Å²) in [5.74, 6) is 3.19. The molecule has 0 aliphatic carbocycles. The lowest BCUT2D eigenvalue weighted by molar-refractivity contribution is 0.414. The number of pyridine rings is 1. The molecule has 0 amide bonds. The van der Waals surface area contributed by atoms with Gasteiger partial charge in [0.05, 0.1) is 19.7 Å². The molecule has 0 spiro atoms. The second-order valence-electron chi connectivity index (χ2n) is 7.67. The summed E-state index contributed by atoms with van der Waals surface area (Å²) in [6.07, 6.45) is 1.74. The maximum absolute atomic E-state index is 6.07. The molecular formula is C26H25NO3. The Morgan fingerprint density at radius 1 is 0.667 bits per heavy atom. The smallest absolute Gasteiger partial charge is 0.129 e. The molecule has 1 heterocycles. The number of rotatable bonds is 6. The number of methoxy groups -OCH3 is 2. The van der Waals surface area contributed by atoms with E-state index in [9.17, 15) is 0 Å². The van der Waals surface area contributed by atoms with Gasteiger partial charge in [0.15, 0.2) is 0 Å². The van der Waals surface area contributed by atoms with Gasteiger partial charge in [0.2, 0.25) is 0 Å². The van der Waals surface area contributed by atoms with Gasteiger partial charge in [0.25, 0.3) is 0 Å². The van der Waals surface area contributed by atoms with Crippen LogP contribution in [0.5, 0.6) is 23.0 Å². The van der Waals surface area contributed by atoms with E-state index in [1.807, 2.05) is 48.5 Å². The molecule has 4 rings (SSSR count). The number of benzene rings is 3. The van der Waals surface area contributed by atoms with Crippen LogP contribution in [0.4, 0.5) is 0 Å². The SMILES string of the molecule is COc1ccc(C(C)(C)c2ccc(Oc3ccc4c(OC)ccnc4c3)cc2)cc1. The Bertz CT molecular complexity index is 1150. The van der Waals surface area contributed by atoms with Gasteiger partial charge in [0, 0.05) is 23.1 Å². The normalized spacial score (nSPS) is 11.3. The van der Waals surface area contributed by atoms with Crippen LogP contribution in [-0.4, -0.2) is 19.2 Å². The summed E-state index contributed by atoms with van der Waals surface area (Å²) >= 11 is 0. The van der Waals surface area contributed by atoms with E-state index < -0.39 is 0 Å². The highest BCUT2D eigenvalue weighted by molar-refractivity contribution is 5.86. The van der Waals surface area contributed by atoms with Crippen LogP contribution in [0.2, 0.25) is 0 Å². The molecule has 0 fully saturated rings.